The number of aliphatic hydroxyl groups is 1. The Bertz CT molecular complexity index is 401. The first-order valence-electron chi connectivity index (χ1n) is 5.91. The average Bonchev–Trinajstić information content (AvgIpc) is 2.38. The molecule has 3 nitrogen and oxygen atoms in total. The van der Waals surface area contributed by atoms with Crippen LogP contribution in [0.1, 0.15) is 18.9 Å². The van der Waals surface area contributed by atoms with Crippen molar-refractivity contribution in [2.75, 3.05) is 13.2 Å². The van der Waals surface area contributed by atoms with Gasteiger partial charge in [-0.1, -0.05) is 31.2 Å². The summed E-state index contributed by atoms with van der Waals surface area (Å²) in [4.78, 5) is 11.4. The molecule has 0 bridgehead atoms. The number of carbonyl (C=O) groups excluding carboxylic acids is 1. The van der Waals surface area contributed by atoms with E-state index in [1.807, 2.05) is 6.92 Å². The van der Waals surface area contributed by atoms with Crippen molar-refractivity contribution in [2.24, 2.45) is 5.92 Å². The molecule has 0 heterocycles. The van der Waals surface area contributed by atoms with Crippen LogP contribution in [0.5, 0.6) is 0 Å². The van der Waals surface area contributed by atoms with Crippen LogP contribution in [0.25, 0.3) is 6.08 Å². The highest BCUT2D eigenvalue weighted by molar-refractivity contribution is 5.78. The maximum Gasteiger partial charge on any atom is 0.223 e. The highest BCUT2D eigenvalue weighted by atomic mass is 19.1. The van der Waals surface area contributed by atoms with Crippen LogP contribution in [0, 0.1) is 11.7 Å². The van der Waals surface area contributed by atoms with Crippen molar-refractivity contribution in [3.8, 4) is 0 Å². The molecule has 0 saturated carbocycles. The van der Waals surface area contributed by atoms with Gasteiger partial charge in [0.05, 0.1) is 0 Å². The summed E-state index contributed by atoms with van der Waals surface area (Å²) >= 11 is 0. The van der Waals surface area contributed by atoms with Crippen molar-refractivity contribution in [2.45, 2.75) is 13.3 Å². The fourth-order valence-electron chi connectivity index (χ4n) is 1.30. The van der Waals surface area contributed by atoms with Gasteiger partial charge in [-0.3, -0.25) is 4.79 Å². The molecule has 1 atom stereocenters. The van der Waals surface area contributed by atoms with E-state index in [2.05, 4.69) is 5.32 Å². The van der Waals surface area contributed by atoms with E-state index in [0.717, 1.165) is 5.56 Å². The minimum absolute atomic E-state index is 0.0612. The number of amides is 1. The highest BCUT2D eigenvalue weighted by Crippen LogP contribution is 2.05. The molecule has 0 saturated heterocycles. The number of aliphatic hydroxyl groups excluding tert-OH is 1. The van der Waals surface area contributed by atoms with E-state index in [4.69, 9.17) is 5.11 Å². The molecule has 2 N–H and O–H groups in total. The van der Waals surface area contributed by atoms with Gasteiger partial charge in [-0.2, -0.15) is 0 Å². The molecule has 1 aromatic carbocycles. The molecule has 1 unspecified atom stereocenters. The topological polar surface area (TPSA) is 49.3 Å². The number of hydrogen-bond donors (Lipinski definition) is 2. The largest absolute Gasteiger partial charge is 0.396 e. The molecular weight excluding hydrogens is 233 g/mol. The van der Waals surface area contributed by atoms with Gasteiger partial charge >= 0.3 is 0 Å². The van der Waals surface area contributed by atoms with Crippen LogP contribution < -0.4 is 5.32 Å². The normalized spacial score (nSPS) is 12.6. The summed E-state index contributed by atoms with van der Waals surface area (Å²) in [5, 5.41) is 11.5. The smallest absolute Gasteiger partial charge is 0.223 e. The third-order valence-electron chi connectivity index (χ3n) is 2.44. The molecule has 0 fully saturated rings. The van der Waals surface area contributed by atoms with Gasteiger partial charge in [0.1, 0.15) is 5.82 Å². The van der Waals surface area contributed by atoms with Gasteiger partial charge in [-0.05, 0) is 23.6 Å². The quantitative estimate of drug-likeness (QED) is 0.812. The Labute approximate surface area is 106 Å². The lowest BCUT2D eigenvalue weighted by molar-refractivity contribution is -0.120. The van der Waals surface area contributed by atoms with Gasteiger partial charge in [-0.15, -0.1) is 0 Å². The first-order valence-corrected chi connectivity index (χ1v) is 5.91. The van der Waals surface area contributed by atoms with Crippen LogP contribution in [0.4, 0.5) is 4.39 Å². The van der Waals surface area contributed by atoms with E-state index < -0.39 is 0 Å². The van der Waals surface area contributed by atoms with E-state index in [1.54, 1.807) is 24.3 Å². The summed E-state index contributed by atoms with van der Waals surface area (Å²) in [6.45, 7) is 2.39. The number of nitrogens with one attached hydrogen (secondary N) is 1. The van der Waals surface area contributed by atoms with Crippen LogP contribution in [0.3, 0.4) is 0 Å². The molecule has 0 aliphatic carbocycles. The lowest BCUT2D eigenvalue weighted by atomic mass is 10.2. The maximum atomic E-state index is 12.6. The third kappa shape index (κ3) is 5.59. The molecule has 98 valence electrons. The number of benzene rings is 1. The van der Waals surface area contributed by atoms with Gasteiger partial charge in [-0.25, -0.2) is 4.39 Å². The number of hydrogen-bond acceptors (Lipinski definition) is 2. The molecule has 0 aromatic heterocycles. The summed E-state index contributed by atoms with van der Waals surface area (Å²) < 4.78 is 12.6. The molecule has 1 aromatic rings. The van der Waals surface area contributed by atoms with Crippen molar-refractivity contribution in [3.63, 3.8) is 0 Å². The number of carbonyl (C=O) groups is 1. The molecule has 0 aliphatic rings. The molecular formula is C14H18FNO2. The zero-order valence-corrected chi connectivity index (χ0v) is 10.4. The molecule has 1 amide bonds. The molecule has 4 heteroatoms. The number of rotatable bonds is 6. The fraction of sp³-hybridized carbons (Fsp3) is 0.357. The maximum absolute atomic E-state index is 12.6. The minimum atomic E-state index is -0.275. The van der Waals surface area contributed by atoms with Crippen molar-refractivity contribution in [1.82, 2.24) is 5.32 Å². The summed E-state index contributed by atoms with van der Waals surface area (Å²) in [5.74, 6) is -0.299. The summed E-state index contributed by atoms with van der Waals surface area (Å²) in [5.41, 5.74) is 0.855. The second-order valence-corrected chi connectivity index (χ2v) is 4.25. The molecule has 0 aliphatic heterocycles. The first kappa shape index (κ1) is 14.4. The zero-order chi connectivity index (χ0) is 13.4. The van der Waals surface area contributed by atoms with E-state index in [0.29, 0.717) is 6.54 Å². The Kier molecular flexibility index (Phi) is 6.08. The molecule has 18 heavy (non-hydrogen) atoms. The predicted molar refractivity (Wildman–Crippen MR) is 69.3 cm³/mol. The third-order valence-corrected chi connectivity index (χ3v) is 2.44. The standard InChI is InChI=1S/C14H18FNO2/c1-11(10-17)9-16-14(18)4-2-3-12-5-7-13(15)8-6-12/h2-3,5-8,11,17H,4,9-10H2,1H3,(H,16,18)/b3-2+. The van der Waals surface area contributed by atoms with E-state index in [9.17, 15) is 9.18 Å². The number of halogens is 1. The van der Waals surface area contributed by atoms with Gasteiger partial charge in [0.2, 0.25) is 5.91 Å². The van der Waals surface area contributed by atoms with Gasteiger partial charge in [0.15, 0.2) is 0 Å². The van der Waals surface area contributed by atoms with Crippen LogP contribution in [-0.2, 0) is 4.79 Å². The van der Waals surface area contributed by atoms with Crippen LogP contribution in [0.15, 0.2) is 30.3 Å². The summed E-state index contributed by atoms with van der Waals surface area (Å²) in [6.07, 6.45) is 3.77. The Morgan fingerprint density at radius 2 is 2.11 bits per heavy atom. The molecule has 0 radical (unpaired) electrons. The Balaban J connectivity index is 2.31. The van der Waals surface area contributed by atoms with Crippen LogP contribution in [0.2, 0.25) is 0 Å². The Morgan fingerprint density at radius 3 is 2.72 bits per heavy atom. The van der Waals surface area contributed by atoms with Crippen LogP contribution >= 0.6 is 0 Å². The lowest BCUT2D eigenvalue weighted by Gasteiger charge is -2.08. The highest BCUT2D eigenvalue weighted by Gasteiger charge is 2.02. The minimum Gasteiger partial charge on any atom is -0.396 e. The van der Waals surface area contributed by atoms with Crippen molar-refractivity contribution < 1.29 is 14.3 Å². The summed E-state index contributed by atoms with van der Waals surface area (Å²) in [6, 6.07) is 6.06. The van der Waals surface area contributed by atoms with E-state index >= 15 is 0 Å². The van der Waals surface area contributed by atoms with Crippen molar-refractivity contribution >= 4 is 12.0 Å². The Morgan fingerprint density at radius 1 is 1.44 bits per heavy atom. The van der Waals surface area contributed by atoms with E-state index in [1.165, 1.54) is 12.1 Å². The predicted octanol–water partition coefficient (Wildman–Crippen LogP) is 1.97. The Hall–Kier alpha value is -1.68. The average molecular weight is 251 g/mol. The zero-order valence-electron chi connectivity index (χ0n) is 10.4. The molecule has 0 spiro atoms. The van der Waals surface area contributed by atoms with E-state index in [-0.39, 0.29) is 30.7 Å². The fourth-order valence-corrected chi connectivity index (χ4v) is 1.30. The monoisotopic (exact) mass is 251 g/mol. The van der Waals surface area contributed by atoms with Crippen LogP contribution in [-0.4, -0.2) is 24.2 Å². The second kappa shape index (κ2) is 7.61. The lowest BCUT2D eigenvalue weighted by Crippen LogP contribution is -2.28. The van der Waals surface area contributed by atoms with Crippen molar-refractivity contribution in [1.29, 1.82) is 0 Å². The summed E-state index contributed by atoms with van der Waals surface area (Å²) in [7, 11) is 0. The van der Waals surface area contributed by atoms with Gasteiger partial charge < -0.3 is 10.4 Å². The SMILES string of the molecule is CC(CO)CNC(=O)C/C=C/c1ccc(F)cc1. The van der Waals surface area contributed by atoms with Gasteiger partial charge in [0, 0.05) is 19.6 Å². The second-order valence-electron chi connectivity index (χ2n) is 4.25. The first-order chi connectivity index (χ1) is 8.61. The van der Waals surface area contributed by atoms with Crippen molar-refractivity contribution in [3.05, 3.63) is 41.7 Å². The van der Waals surface area contributed by atoms with Gasteiger partial charge in [0.25, 0.3) is 0 Å². The molecule has 1 rings (SSSR count).